The summed E-state index contributed by atoms with van der Waals surface area (Å²) in [7, 11) is 0. The Labute approximate surface area is 118 Å². The smallest absolute Gasteiger partial charge is 0.103 e. The normalized spacial score (nSPS) is 18.6. The second-order valence-corrected chi connectivity index (χ2v) is 5.06. The first-order valence-corrected chi connectivity index (χ1v) is 7.19. The van der Waals surface area contributed by atoms with Gasteiger partial charge in [0.25, 0.3) is 0 Å². The molecule has 1 aromatic heterocycles. The molecule has 1 aromatic carbocycles. The molecule has 1 fully saturated rings. The van der Waals surface area contributed by atoms with Crippen LogP contribution in [-0.4, -0.2) is 21.6 Å². The molecule has 0 bridgehead atoms. The lowest BCUT2D eigenvalue weighted by atomic mass is 10.1. The Bertz CT molecular complexity index is 570. The molecule has 20 heavy (non-hydrogen) atoms. The third kappa shape index (κ3) is 2.34. The first kappa shape index (κ1) is 13.3. The quantitative estimate of drug-likeness (QED) is 0.926. The average molecular weight is 272 g/mol. The van der Waals surface area contributed by atoms with E-state index in [-0.39, 0.29) is 6.10 Å². The van der Waals surface area contributed by atoms with Crippen LogP contribution in [0.2, 0.25) is 0 Å². The fraction of sp³-hybridized carbons (Fsp3) is 0.467. The molecule has 2 aromatic rings. The van der Waals surface area contributed by atoms with E-state index >= 15 is 0 Å². The lowest BCUT2D eigenvalue weighted by Gasteiger charge is -2.13. The van der Waals surface area contributed by atoms with Crippen LogP contribution in [0.15, 0.2) is 24.3 Å². The Morgan fingerprint density at radius 1 is 1.35 bits per heavy atom. The highest BCUT2D eigenvalue weighted by Gasteiger charge is 2.26. The molecule has 0 radical (unpaired) electrons. The molecule has 2 heterocycles. The number of aryl methyl sites for hydroxylation is 1. The Balaban J connectivity index is 2.01. The second-order valence-electron chi connectivity index (χ2n) is 5.06. The van der Waals surface area contributed by atoms with Crippen LogP contribution in [0.1, 0.15) is 42.8 Å². The van der Waals surface area contributed by atoms with Gasteiger partial charge >= 0.3 is 0 Å². The van der Waals surface area contributed by atoms with Gasteiger partial charge in [-0.05, 0) is 37.0 Å². The molecular weight excluding hydrogens is 252 g/mol. The number of ether oxygens (including phenoxy) is 1. The van der Waals surface area contributed by atoms with E-state index in [4.69, 9.17) is 10.5 Å². The van der Waals surface area contributed by atoms with Crippen molar-refractivity contribution in [3.05, 3.63) is 41.2 Å². The molecule has 1 aliphatic rings. The minimum Gasteiger partial charge on any atom is -0.372 e. The third-order valence-corrected chi connectivity index (χ3v) is 3.80. The summed E-state index contributed by atoms with van der Waals surface area (Å²) in [6.45, 7) is 3.34. The lowest BCUT2D eigenvalue weighted by Crippen LogP contribution is -2.10. The molecule has 5 nitrogen and oxygen atoms in total. The number of benzene rings is 1. The summed E-state index contributed by atoms with van der Waals surface area (Å²) in [6.07, 6.45) is 3.18. The number of aromatic nitrogens is 3. The van der Waals surface area contributed by atoms with Gasteiger partial charge in [0.15, 0.2) is 0 Å². The molecule has 2 N–H and O–H groups in total. The Hall–Kier alpha value is -1.72. The molecule has 3 rings (SSSR count). The first-order chi connectivity index (χ1) is 9.83. The zero-order valence-corrected chi connectivity index (χ0v) is 11.7. The van der Waals surface area contributed by atoms with Crippen LogP contribution in [0.3, 0.4) is 0 Å². The number of nitrogens with two attached hydrogens (primary N) is 1. The van der Waals surface area contributed by atoms with Crippen molar-refractivity contribution in [2.24, 2.45) is 5.73 Å². The predicted molar refractivity (Wildman–Crippen MR) is 76.6 cm³/mol. The molecule has 5 heteroatoms. The minimum atomic E-state index is 0.0643. The van der Waals surface area contributed by atoms with Crippen LogP contribution in [0, 0.1) is 0 Å². The highest BCUT2D eigenvalue weighted by Crippen LogP contribution is 2.31. The molecule has 1 unspecified atom stereocenters. The highest BCUT2D eigenvalue weighted by atomic mass is 16.5. The van der Waals surface area contributed by atoms with Crippen molar-refractivity contribution in [1.29, 1.82) is 0 Å². The predicted octanol–water partition coefficient (Wildman–Crippen LogP) is 2.14. The van der Waals surface area contributed by atoms with Gasteiger partial charge in [-0.3, -0.25) is 0 Å². The lowest BCUT2D eigenvalue weighted by molar-refractivity contribution is 0.106. The Morgan fingerprint density at radius 2 is 2.15 bits per heavy atom. The number of nitrogens with zero attached hydrogens (tertiary/aromatic N) is 3. The summed E-state index contributed by atoms with van der Waals surface area (Å²) in [6, 6.07) is 8.40. The van der Waals surface area contributed by atoms with Gasteiger partial charge < -0.3 is 10.5 Å². The summed E-state index contributed by atoms with van der Waals surface area (Å²) in [5, 5.41) is 8.47. The van der Waals surface area contributed by atoms with Crippen molar-refractivity contribution >= 4 is 0 Å². The van der Waals surface area contributed by atoms with Gasteiger partial charge in [0.2, 0.25) is 0 Å². The first-order valence-electron chi connectivity index (χ1n) is 7.19. The van der Waals surface area contributed by atoms with Crippen molar-refractivity contribution < 1.29 is 4.74 Å². The molecule has 0 amide bonds. The van der Waals surface area contributed by atoms with E-state index in [9.17, 15) is 0 Å². The fourth-order valence-electron chi connectivity index (χ4n) is 2.64. The molecule has 0 spiro atoms. The topological polar surface area (TPSA) is 66.0 Å². The molecule has 1 atom stereocenters. The van der Waals surface area contributed by atoms with Gasteiger partial charge in [-0.25, -0.2) is 4.68 Å². The van der Waals surface area contributed by atoms with Crippen molar-refractivity contribution in [3.63, 3.8) is 0 Å². The van der Waals surface area contributed by atoms with E-state index in [1.165, 1.54) is 5.56 Å². The summed E-state index contributed by atoms with van der Waals surface area (Å²) < 4.78 is 7.66. The van der Waals surface area contributed by atoms with E-state index in [0.717, 1.165) is 42.9 Å². The van der Waals surface area contributed by atoms with E-state index in [1.54, 1.807) is 0 Å². The molecule has 1 saturated heterocycles. The van der Waals surface area contributed by atoms with Crippen LogP contribution >= 0.6 is 0 Å². The number of hydrogen-bond donors (Lipinski definition) is 1. The van der Waals surface area contributed by atoms with Crippen LogP contribution in [0.25, 0.3) is 5.69 Å². The van der Waals surface area contributed by atoms with Gasteiger partial charge in [0.05, 0.1) is 11.4 Å². The van der Waals surface area contributed by atoms with Gasteiger partial charge in [0, 0.05) is 13.2 Å². The van der Waals surface area contributed by atoms with E-state index in [0.29, 0.717) is 6.54 Å². The zero-order valence-electron chi connectivity index (χ0n) is 11.7. The van der Waals surface area contributed by atoms with E-state index in [2.05, 4.69) is 41.5 Å². The molecule has 1 aliphatic heterocycles. The number of rotatable bonds is 4. The van der Waals surface area contributed by atoms with E-state index in [1.807, 2.05) is 4.68 Å². The Kier molecular flexibility index (Phi) is 3.80. The van der Waals surface area contributed by atoms with Crippen LogP contribution in [-0.2, 0) is 17.7 Å². The summed E-state index contributed by atoms with van der Waals surface area (Å²) in [5.74, 6) is 0. The van der Waals surface area contributed by atoms with E-state index < -0.39 is 0 Å². The number of hydrogen-bond acceptors (Lipinski definition) is 4. The van der Waals surface area contributed by atoms with Crippen LogP contribution < -0.4 is 5.73 Å². The van der Waals surface area contributed by atoms with Crippen molar-refractivity contribution in [2.75, 3.05) is 6.61 Å². The molecule has 106 valence electrons. The molecule has 0 saturated carbocycles. The van der Waals surface area contributed by atoms with Crippen molar-refractivity contribution in [2.45, 2.75) is 38.8 Å². The maximum atomic E-state index is 5.79. The molecular formula is C15H20N4O. The monoisotopic (exact) mass is 272 g/mol. The van der Waals surface area contributed by atoms with Crippen molar-refractivity contribution in [1.82, 2.24) is 15.0 Å². The standard InChI is InChI=1S/C15H20N4O/c1-2-11-5-7-12(8-6-11)19-15(13(10-16)17-18-19)14-4-3-9-20-14/h5-8,14H,2-4,9-10,16H2,1H3. The largest absolute Gasteiger partial charge is 0.372 e. The molecule has 0 aliphatic carbocycles. The SMILES string of the molecule is CCc1ccc(-n2nnc(CN)c2C2CCCO2)cc1. The van der Waals surface area contributed by atoms with Gasteiger partial charge in [0.1, 0.15) is 11.8 Å². The average Bonchev–Trinajstić information content (AvgIpc) is 3.15. The van der Waals surface area contributed by atoms with Gasteiger partial charge in [-0.15, -0.1) is 5.10 Å². The zero-order chi connectivity index (χ0) is 13.9. The fourth-order valence-corrected chi connectivity index (χ4v) is 2.64. The maximum absolute atomic E-state index is 5.79. The maximum Gasteiger partial charge on any atom is 0.103 e. The van der Waals surface area contributed by atoms with Crippen LogP contribution in [0.5, 0.6) is 0 Å². The second kappa shape index (κ2) is 5.73. The highest BCUT2D eigenvalue weighted by molar-refractivity contribution is 5.36. The minimum absolute atomic E-state index is 0.0643. The third-order valence-electron chi connectivity index (χ3n) is 3.80. The summed E-state index contributed by atoms with van der Waals surface area (Å²) in [4.78, 5) is 0. The van der Waals surface area contributed by atoms with Gasteiger partial charge in [-0.2, -0.15) is 0 Å². The van der Waals surface area contributed by atoms with Crippen LogP contribution in [0.4, 0.5) is 0 Å². The van der Waals surface area contributed by atoms with Gasteiger partial charge in [-0.1, -0.05) is 24.3 Å². The Morgan fingerprint density at radius 3 is 2.75 bits per heavy atom. The summed E-state index contributed by atoms with van der Waals surface area (Å²) >= 11 is 0. The van der Waals surface area contributed by atoms with Crippen molar-refractivity contribution in [3.8, 4) is 5.69 Å². The summed E-state index contributed by atoms with van der Waals surface area (Å²) in [5.41, 5.74) is 9.95.